The number of hydrogen-bond donors (Lipinski definition) is 1. The van der Waals surface area contributed by atoms with Gasteiger partial charge < -0.3 is 15.0 Å². The molecule has 2 aromatic carbocycles. The molecule has 3 rings (SSSR count). The van der Waals surface area contributed by atoms with E-state index in [1.54, 1.807) is 4.90 Å². The van der Waals surface area contributed by atoms with E-state index < -0.39 is 0 Å². The molecule has 1 N–H and O–H groups in total. The SMILES string of the molecule is CC(C)c1ccccc1NC(=O)N1CCOC(c2ccc(Cl)cc2)C1. The summed E-state index contributed by atoms with van der Waals surface area (Å²) < 4.78 is 5.83. The van der Waals surface area contributed by atoms with E-state index in [1.807, 2.05) is 42.5 Å². The molecule has 2 aromatic rings. The lowest BCUT2D eigenvalue weighted by Gasteiger charge is -2.33. The van der Waals surface area contributed by atoms with E-state index in [2.05, 4.69) is 25.2 Å². The molecule has 2 amide bonds. The molecule has 0 bridgehead atoms. The summed E-state index contributed by atoms with van der Waals surface area (Å²) in [5, 5.41) is 3.75. The molecular formula is C20H23ClN2O2. The van der Waals surface area contributed by atoms with Crippen LogP contribution in [0, 0.1) is 0 Å². The highest BCUT2D eigenvalue weighted by molar-refractivity contribution is 6.30. The molecule has 25 heavy (non-hydrogen) atoms. The minimum absolute atomic E-state index is 0.0876. The molecule has 1 atom stereocenters. The van der Waals surface area contributed by atoms with Gasteiger partial charge in [0.15, 0.2) is 0 Å². The molecule has 4 nitrogen and oxygen atoms in total. The highest BCUT2D eigenvalue weighted by Crippen LogP contribution is 2.26. The van der Waals surface area contributed by atoms with Crippen LogP contribution in [-0.4, -0.2) is 30.6 Å². The lowest BCUT2D eigenvalue weighted by molar-refractivity contribution is -0.0135. The number of para-hydroxylation sites is 1. The molecule has 0 saturated carbocycles. The number of rotatable bonds is 3. The third kappa shape index (κ3) is 4.33. The van der Waals surface area contributed by atoms with E-state index >= 15 is 0 Å². The van der Waals surface area contributed by atoms with Crippen molar-refractivity contribution in [1.29, 1.82) is 0 Å². The van der Waals surface area contributed by atoms with Crippen molar-refractivity contribution in [2.45, 2.75) is 25.9 Å². The van der Waals surface area contributed by atoms with E-state index in [0.717, 1.165) is 16.8 Å². The molecule has 0 aromatic heterocycles. The largest absolute Gasteiger partial charge is 0.370 e. The number of hydrogen-bond acceptors (Lipinski definition) is 2. The van der Waals surface area contributed by atoms with Gasteiger partial charge in [0.05, 0.1) is 13.2 Å². The summed E-state index contributed by atoms with van der Waals surface area (Å²) in [5.74, 6) is 0.350. The highest BCUT2D eigenvalue weighted by atomic mass is 35.5. The maximum absolute atomic E-state index is 12.7. The Kier molecular flexibility index (Phi) is 5.61. The first-order valence-electron chi connectivity index (χ1n) is 8.56. The number of anilines is 1. The Balaban J connectivity index is 1.69. The summed E-state index contributed by atoms with van der Waals surface area (Å²) in [6.45, 7) is 5.87. The standard InChI is InChI=1S/C20H23ClN2O2/c1-14(2)17-5-3-4-6-18(17)22-20(24)23-11-12-25-19(13-23)15-7-9-16(21)10-8-15/h3-10,14,19H,11-13H2,1-2H3,(H,22,24). The second kappa shape index (κ2) is 7.89. The highest BCUT2D eigenvalue weighted by Gasteiger charge is 2.26. The number of nitrogens with one attached hydrogen (secondary N) is 1. The number of carbonyl (C=O) groups is 1. The first-order valence-corrected chi connectivity index (χ1v) is 8.94. The number of morpholine rings is 1. The number of halogens is 1. The Bertz CT molecular complexity index is 731. The smallest absolute Gasteiger partial charge is 0.322 e. The van der Waals surface area contributed by atoms with Crippen LogP contribution >= 0.6 is 11.6 Å². The van der Waals surface area contributed by atoms with E-state index in [1.165, 1.54) is 0 Å². The lowest BCUT2D eigenvalue weighted by atomic mass is 10.0. The minimum Gasteiger partial charge on any atom is -0.370 e. The molecule has 0 radical (unpaired) electrons. The predicted octanol–water partition coefficient (Wildman–Crippen LogP) is 5.07. The van der Waals surface area contributed by atoms with Crippen LogP contribution in [-0.2, 0) is 4.74 Å². The molecule has 1 unspecified atom stereocenters. The van der Waals surface area contributed by atoms with Gasteiger partial charge in [-0.1, -0.05) is 55.8 Å². The van der Waals surface area contributed by atoms with Gasteiger partial charge in [-0.15, -0.1) is 0 Å². The van der Waals surface area contributed by atoms with Crippen molar-refractivity contribution >= 4 is 23.3 Å². The van der Waals surface area contributed by atoms with Gasteiger partial charge in [0, 0.05) is 17.3 Å². The number of nitrogens with zero attached hydrogens (tertiary/aromatic N) is 1. The van der Waals surface area contributed by atoms with E-state index in [0.29, 0.717) is 30.6 Å². The summed E-state index contributed by atoms with van der Waals surface area (Å²) >= 11 is 5.94. The van der Waals surface area contributed by atoms with Gasteiger partial charge in [-0.25, -0.2) is 4.79 Å². The average Bonchev–Trinajstić information content (AvgIpc) is 2.62. The zero-order chi connectivity index (χ0) is 17.8. The first kappa shape index (κ1) is 17.8. The van der Waals surface area contributed by atoms with Gasteiger partial charge in [-0.2, -0.15) is 0 Å². The van der Waals surface area contributed by atoms with Crippen LogP contribution in [0.3, 0.4) is 0 Å². The Labute approximate surface area is 153 Å². The van der Waals surface area contributed by atoms with Gasteiger partial charge in [0.2, 0.25) is 0 Å². The average molecular weight is 359 g/mol. The third-order valence-corrected chi connectivity index (χ3v) is 4.67. The summed E-state index contributed by atoms with van der Waals surface area (Å²) in [7, 11) is 0. The zero-order valence-electron chi connectivity index (χ0n) is 14.5. The Morgan fingerprint density at radius 2 is 1.92 bits per heavy atom. The fourth-order valence-electron chi connectivity index (χ4n) is 3.02. The maximum Gasteiger partial charge on any atom is 0.322 e. The van der Waals surface area contributed by atoms with Crippen LogP contribution in [0.2, 0.25) is 5.02 Å². The zero-order valence-corrected chi connectivity index (χ0v) is 15.3. The summed E-state index contributed by atoms with van der Waals surface area (Å²) in [4.78, 5) is 14.5. The van der Waals surface area contributed by atoms with Crippen molar-refractivity contribution in [1.82, 2.24) is 4.90 Å². The maximum atomic E-state index is 12.7. The van der Waals surface area contributed by atoms with Crippen molar-refractivity contribution < 1.29 is 9.53 Å². The second-order valence-electron chi connectivity index (χ2n) is 6.53. The van der Waals surface area contributed by atoms with Crippen molar-refractivity contribution in [3.05, 3.63) is 64.7 Å². The Morgan fingerprint density at radius 3 is 2.64 bits per heavy atom. The van der Waals surface area contributed by atoms with Crippen LogP contribution in [0.4, 0.5) is 10.5 Å². The molecular weight excluding hydrogens is 336 g/mol. The molecule has 0 spiro atoms. The monoisotopic (exact) mass is 358 g/mol. The van der Waals surface area contributed by atoms with E-state index in [9.17, 15) is 4.79 Å². The van der Waals surface area contributed by atoms with Crippen LogP contribution in [0.1, 0.15) is 37.0 Å². The van der Waals surface area contributed by atoms with Crippen molar-refractivity contribution in [2.24, 2.45) is 0 Å². The number of ether oxygens (including phenoxy) is 1. The normalized spacial score (nSPS) is 17.6. The van der Waals surface area contributed by atoms with Gasteiger partial charge in [-0.3, -0.25) is 0 Å². The van der Waals surface area contributed by atoms with Gasteiger partial charge >= 0.3 is 6.03 Å². The number of benzene rings is 2. The molecule has 5 heteroatoms. The van der Waals surface area contributed by atoms with Crippen LogP contribution in [0.25, 0.3) is 0 Å². The molecule has 132 valence electrons. The molecule has 1 heterocycles. The van der Waals surface area contributed by atoms with Crippen LogP contribution < -0.4 is 5.32 Å². The van der Waals surface area contributed by atoms with Gasteiger partial charge in [0.1, 0.15) is 6.10 Å². The lowest BCUT2D eigenvalue weighted by Crippen LogP contribution is -2.44. The van der Waals surface area contributed by atoms with E-state index in [-0.39, 0.29) is 12.1 Å². The number of carbonyl (C=O) groups excluding carboxylic acids is 1. The molecule has 1 fully saturated rings. The fourth-order valence-corrected chi connectivity index (χ4v) is 3.15. The second-order valence-corrected chi connectivity index (χ2v) is 6.97. The quantitative estimate of drug-likeness (QED) is 0.832. The molecule has 1 aliphatic heterocycles. The molecule has 1 aliphatic rings. The van der Waals surface area contributed by atoms with Crippen molar-refractivity contribution in [3.8, 4) is 0 Å². The summed E-state index contributed by atoms with van der Waals surface area (Å²) in [6.07, 6.45) is -0.128. The summed E-state index contributed by atoms with van der Waals surface area (Å²) in [5.41, 5.74) is 3.04. The Morgan fingerprint density at radius 1 is 1.20 bits per heavy atom. The van der Waals surface area contributed by atoms with Gasteiger partial charge in [0.25, 0.3) is 0 Å². The first-order chi connectivity index (χ1) is 12.0. The summed E-state index contributed by atoms with van der Waals surface area (Å²) in [6, 6.07) is 15.4. The van der Waals surface area contributed by atoms with Crippen LogP contribution in [0.15, 0.2) is 48.5 Å². The molecule has 1 saturated heterocycles. The van der Waals surface area contributed by atoms with Gasteiger partial charge in [-0.05, 0) is 35.2 Å². The van der Waals surface area contributed by atoms with Crippen LogP contribution in [0.5, 0.6) is 0 Å². The Hall–Kier alpha value is -2.04. The number of amides is 2. The third-order valence-electron chi connectivity index (χ3n) is 4.42. The minimum atomic E-state index is -0.128. The molecule has 0 aliphatic carbocycles. The van der Waals surface area contributed by atoms with E-state index in [4.69, 9.17) is 16.3 Å². The topological polar surface area (TPSA) is 41.6 Å². The predicted molar refractivity (Wildman–Crippen MR) is 101 cm³/mol. The van der Waals surface area contributed by atoms with Crippen molar-refractivity contribution in [2.75, 3.05) is 25.0 Å². The fraction of sp³-hybridized carbons (Fsp3) is 0.350. The number of urea groups is 1. The van der Waals surface area contributed by atoms with Crippen molar-refractivity contribution in [3.63, 3.8) is 0 Å².